The number of nitrogens with zero attached hydrogens (tertiary/aromatic N) is 3. The van der Waals surface area contributed by atoms with E-state index in [1.165, 1.54) is 11.3 Å². The number of hydrogen-bond donors (Lipinski definition) is 2. The van der Waals surface area contributed by atoms with Gasteiger partial charge in [-0.15, -0.1) is 11.8 Å². The Morgan fingerprint density at radius 1 is 1.21 bits per heavy atom. The highest BCUT2D eigenvalue weighted by atomic mass is 32.2. The van der Waals surface area contributed by atoms with E-state index in [0.717, 1.165) is 21.5 Å². The Balaban J connectivity index is 1.39. The first-order valence-electron chi connectivity index (χ1n) is 9.11. The summed E-state index contributed by atoms with van der Waals surface area (Å²) in [5.41, 5.74) is 5.96. The van der Waals surface area contributed by atoms with Crippen molar-refractivity contribution in [2.24, 2.45) is 0 Å². The van der Waals surface area contributed by atoms with Crippen LogP contribution in [0.2, 0.25) is 0 Å². The van der Waals surface area contributed by atoms with E-state index in [-0.39, 0.29) is 23.7 Å². The molecule has 1 unspecified atom stereocenters. The molecule has 0 aliphatic carbocycles. The van der Waals surface area contributed by atoms with Gasteiger partial charge in [-0.1, -0.05) is 35.6 Å². The summed E-state index contributed by atoms with van der Waals surface area (Å²) in [7, 11) is 3.97. The van der Waals surface area contributed by atoms with Crippen molar-refractivity contribution >= 4 is 55.9 Å². The molecule has 4 rings (SSSR count). The van der Waals surface area contributed by atoms with Crippen molar-refractivity contribution in [3.8, 4) is 0 Å². The SMILES string of the molecule is CN(C)c1ccc(C2SCC(=O)N2NCC(=O)Nc2nc3ccccc3s2)cc1. The summed E-state index contributed by atoms with van der Waals surface area (Å²) in [6.45, 7) is -0.00545. The molecule has 29 heavy (non-hydrogen) atoms. The van der Waals surface area contributed by atoms with Gasteiger partial charge in [0.05, 0.1) is 22.5 Å². The van der Waals surface area contributed by atoms with Crippen molar-refractivity contribution in [3.05, 3.63) is 54.1 Å². The van der Waals surface area contributed by atoms with E-state index in [4.69, 9.17) is 0 Å². The van der Waals surface area contributed by atoms with Crippen LogP contribution >= 0.6 is 23.1 Å². The molecule has 1 aliphatic heterocycles. The number of fused-ring (bicyclic) bond motifs is 1. The zero-order valence-corrected chi connectivity index (χ0v) is 17.7. The summed E-state index contributed by atoms with van der Waals surface area (Å²) in [6.07, 6.45) is 0. The summed E-state index contributed by atoms with van der Waals surface area (Å²) in [5, 5.41) is 4.74. The van der Waals surface area contributed by atoms with Crippen molar-refractivity contribution in [1.29, 1.82) is 0 Å². The molecule has 0 radical (unpaired) electrons. The lowest BCUT2D eigenvalue weighted by atomic mass is 10.2. The molecule has 2 aromatic carbocycles. The lowest BCUT2D eigenvalue weighted by Gasteiger charge is -2.25. The van der Waals surface area contributed by atoms with Crippen LogP contribution in [0.25, 0.3) is 10.2 Å². The summed E-state index contributed by atoms with van der Waals surface area (Å²) in [6, 6.07) is 15.8. The monoisotopic (exact) mass is 427 g/mol. The number of rotatable bonds is 6. The normalized spacial score (nSPS) is 16.4. The second-order valence-electron chi connectivity index (χ2n) is 6.78. The van der Waals surface area contributed by atoms with Crippen molar-refractivity contribution < 1.29 is 9.59 Å². The fourth-order valence-corrected chi connectivity index (χ4v) is 5.04. The van der Waals surface area contributed by atoms with Gasteiger partial charge in [0.2, 0.25) is 11.8 Å². The highest BCUT2D eigenvalue weighted by Gasteiger charge is 2.33. The van der Waals surface area contributed by atoms with Gasteiger partial charge < -0.3 is 10.2 Å². The summed E-state index contributed by atoms with van der Waals surface area (Å²) in [5.74, 6) is 0.104. The van der Waals surface area contributed by atoms with E-state index in [9.17, 15) is 9.59 Å². The van der Waals surface area contributed by atoms with Gasteiger partial charge in [-0.2, -0.15) is 0 Å². The Kier molecular flexibility index (Phi) is 5.70. The van der Waals surface area contributed by atoms with E-state index in [1.54, 1.807) is 16.8 Å². The highest BCUT2D eigenvalue weighted by molar-refractivity contribution is 8.00. The molecule has 150 valence electrons. The van der Waals surface area contributed by atoms with Crippen LogP contribution in [0.1, 0.15) is 10.9 Å². The van der Waals surface area contributed by atoms with Crippen LogP contribution in [0.15, 0.2) is 48.5 Å². The second kappa shape index (κ2) is 8.40. The van der Waals surface area contributed by atoms with Crippen LogP contribution in [0.4, 0.5) is 10.8 Å². The number of aromatic nitrogens is 1. The lowest BCUT2D eigenvalue weighted by molar-refractivity contribution is -0.131. The summed E-state index contributed by atoms with van der Waals surface area (Å²) in [4.78, 5) is 31.1. The second-order valence-corrected chi connectivity index (χ2v) is 8.88. The van der Waals surface area contributed by atoms with Crippen LogP contribution in [0.5, 0.6) is 0 Å². The Hall–Kier alpha value is -2.62. The Morgan fingerprint density at radius 2 is 1.97 bits per heavy atom. The third-order valence-electron chi connectivity index (χ3n) is 4.51. The van der Waals surface area contributed by atoms with E-state index in [1.807, 2.05) is 67.5 Å². The summed E-state index contributed by atoms with van der Waals surface area (Å²) < 4.78 is 1.02. The minimum absolute atomic E-state index is 0.00545. The third-order valence-corrected chi connectivity index (χ3v) is 6.68. The van der Waals surface area contributed by atoms with Gasteiger partial charge in [0.15, 0.2) is 5.13 Å². The first-order chi connectivity index (χ1) is 14.0. The molecule has 3 aromatic rings. The topological polar surface area (TPSA) is 77.6 Å². The minimum atomic E-state index is -0.240. The number of nitrogens with one attached hydrogen (secondary N) is 2. The first kappa shape index (κ1) is 19.7. The number of hydrogen-bond acceptors (Lipinski definition) is 7. The molecular weight excluding hydrogens is 406 g/mol. The number of thioether (sulfide) groups is 1. The number of benzene rings is 2. The molecule has 1 aromatic heterocycles. The van der Waals surface area contributed by atoms with E-state index in [0.29, 0.717) is 10.9 Å². The van der Waals surface area contributed by atoms with Crippen LogP contribution in [0, 0.1) is 0 Å². The van der Waals surface area contributed by atoms with Gasteiger partial charge in [-0.05, 0) is 29.8 Å². The van der Waals surface area contributed by atoms with Crippen molar-refractivity contribution in [2.75, 3.05) is 36.6 Å². The van der Waals surface area contributed by atoms with Crippen LogP contribution in [-0.2, 0) is 9.59 Å². The zero-order chi connectivity index (χ0) is 20.4. The number of anilines is 2. The van der Waals surface area contributed by atoms with E-state index in [2.05, 4.69) is 15.7 Å². The van der Waals surface area contributed by atoms with Gasteiger partial charge in [0, 0.05) is 19.8 Å². The van der Waals surface area contributed by atoms with Gasteiger partial charge in [0.25, 0.3) is 0 Å². The molecule has 2 amide bonds. The molecule has 0 saturated carbocycles. The smallest absolute Gasteiger partial charge is 0.248 e. The van der Waals surface area contributed by atoms with Crippen molar-refractivity contribution in [3.63, 3.8) is 0 Å². The van der Waals surface area contributed by atoms with Crippen molar-refractivity contribution in [1.82, 2.24) is 15.4 Å². The highest BCUT2D eigenvalue weighted by Crippen LogP contribution is 2.37. The molecule has 9 heteroatoms. The number of para-hydroxylation sites is 1. The number of carbonyl (C=O) groups excluding carboxylic acids is 2. The molecule has 0 bridgehead atoms. The average molecular weight is 428 g/mol. The standard InChI is InChI=1S/C20H21N5O2S2/c1-24(2)14-9-7-13(8-10-14)19-25(18(27)12-28-19)21-11-17(26)23-20-22-15-5-3-4-6-16(15)29-20/h3-10,19,21H,11-12H2,1-2H3,(H,22,23,26). The largest absolute Gasteiger partial charge is 0.378 e. The van der Waals surface area contributed by atoms with Gasteiger partial charge >= 0.3 is 0 Å². The Labute approximate surface area is 177 Å². The molecule has 7 nitrogen and oxygen atoms in total. The van der Waals surface area contributed by atoms with E-state index >= 15 is 0 Å². The third kappa shape index (κ3) is 4.36. The Morgan fingerprint density at radius 3 is 2.69 bits per heavy atom. The molecule has 0 spiro atoms. The molecule has 2 N–H and O–H groups in total. The van der Waals surface area contributed by atoms with Crippen LogP contribution in [-0.4, -0.2) is 48.2 Å². The maximum atomic E-state index is 12.4. The molecule has 1 atom stereocenters. The molecule has 1 saturated heterocycles. The van der Waals surface area contributed by atoms with Gasteiger partial charge in [-0.3, -0.25) is 14.6 Å². The number of thiazole rings is 1. The minimum Gasteiger partial charge on any atom is -0.378 e. The van der Waals surface area contributed by atoms with Crippen molar-refractivity contribution in [2.45, 2.75) is 5.37 Å². The van der Waals surface area contributed by atoms with E-state index < -0.39 is 0 Å². The quantitative estimate of drug-likeness (QED) is 0.630. The predicted molar refractivity (Wildman–Crippen MR) is 119 cm³/mol. The Bertz CT molecular complexity index is 1000. The van der Waals surface area contributed by atoms with Crippen LogP contribution in [0.3, 0.4) is 0 Å². The average Bonchev–Trinajstić information content (AvgIpc) is 3.29. The fourth-order valence-electron chi connectivity index (χ4n) is 3.02. The maximum absolute atomic E-state index is 12.4. The first-order valence-corrected chi connectivity index (χ1v) is 11.0. The molecule has 1 aliphatic rings. The number of amides is 2. The lowest BCUT2D eigenvalue weighted by Crippen LogP contribution is -2.44. The van der Waals surface area contributed by atoms with Gasteiger partial charge in [0.1, 0.15) is 5.37 Å². The maximum Gasteiger partial charge on any atom is 0.248 e. The molecular formula is C20H21N5O2S2. The number of carbonyl (C=O) groups is 2. The fraction of sp³-hybridized carbons (Fsp3) is 0.250. The number of hydrazine groups is 1. The zero-order valence-electron chi connectivity index (χ0n) is 16.1. The predicted octanol–water partition coefficient (Wildman–Crippen LogP) is 3.08. The molecule has 1 fully saturated rings. The summed E-state index contributed by atoms with van der Waals surface area (Å²) >= 11 is 2.97. The van der Waals surface area contributed by atoms with Crippen LogP contribution < -0.4 is 15.6 Å². The molecule has 2 heterocycles. The van der Waals surface area contributed by atoms with Gasteiger partial charge in [-0.25, -0.2) is 10.4 Å².